The number of rotatable bonds is 4. The lowest BCUT2D eigenvalue weighted by atomic mass is 9.84. The van der Waals surface area contributed by atoms with Gasteiger partial charge in [-0.2, -0.15) is 0 Å². The van der Waals surface area contributed by atoms with Crippen molar-refractivity contribution in [2.24, 2.45) is 0 Å². The number of thioether (sulfide) groups is 1. The van der Waals surface area contributed by atoms with Crippen molar-refractivity contribution >= 4 is 34.3 Å². The summed E-state index contributed by atoms with van der Waals surface area (Å²) >= 11 is 7.80. The van der Waals surface area contributed by atoms with Crippen molar-refractivity contribution in [3.8, 4) is 5.69 Å². The molecular formula is C28H29ClN2OS. The van der Waals surface area contributed by atoms with Crippen LogP contribution in [0.4, 0.5) is 0 Å². The second-order valence-corrected chi connectivity index (χ2v) is 11.0. The molecule has 0 saturated heterocycles. The molecule has 0 fully saturated rings. The van der Waals surface area contributed by atoms with E-state index in [0.717, 1.165) is 17.0 Å². The van der Waals surface area contributed by atoms with Crippen molar-refractivity contribution in [1.29, 1.82) is 0 Å². The van der Waals surface area contributed by atoms with Gasteiger partial charge >= 0.3 is 0 Å². The number of para-hydroxylation sites is 1. The van der Waals surface area contributed by atoms with E-state index in [1.165, 1.54) is 22.3 Å². The molecule has 0 aliphatic rings. The summed E-state index contributed by atoms with van der Waals surface area (Å²) in [6, 6.07) is 17.8. The Bertz CT molecular complexity index is 1390. The first-order valence-corrected chi connectivity index (χ1v) is 12.4. The van der Waals surface area contributed by atoms with Gasteiger partial charge in [-0.1, -0.05) is 74.5 Å². The zero-order valence-electron chi connectivity index (χ0n) is 20.0. The molecule has 0 aliphatic heterocycles. The maximum absolute atomic E-state index is 13.6. The first-order chi connectivity index (χ1) is 15.6. The Balaban J connectivity index is 1.83. The molecule has 4 aromatic rings. The standard InChI is InChI=1S/C28H29ClN2OS/c1-17-9-7-8-10-25(17)31-26(32)22-12-11-21(29)15-24(22)30-27(31)33-16-23-18(2)13-20(14-19(23)3)28(4,5)6/h7-15H,16H2,1-6H3. The number of hydrogen-bond donors (Lipinski definition) is 0. The summed E-state index contributed by atoms with van der Waals surface area (Å²) in [7, 11) is 0. The van der Waals surface area contributed by atoms with Crippen molar-refractivity contribution in [2.75, 3.05) is 0 Å². The van der Waals surface area contributed by atoms with Gasteiger partial charge in [-0.3, -0.25) is 9.36 Å². The Morgan fingerprint density at radius 3 is 2.24 bits per heavy atom. The van der Waals surface area contributed by atoms with Crippen LogP contribution in [0.15, 0.2) is 64.5 Å². The molecule has 4 rings (SSSR count). The number of hydrogen-bond acceptors (Lipinski definition) is 3. The highest BCUT2D eigenvalue weighted by Gasteiger charge is 2.19. The predicted molar refractivity (Wildman–Crippen MR) is 141 cm³/mol. The second kappa shape index (κ2) is 9.00. The Labute approximate surface area is 204 Å². The molecule has 0 atom stereocenters. The molecule has 1 heterocycles. The zero-order valence-corrected chi connectivity index (χ0v) is 21.6. The van der Waals surface area contributed by atoms with E-state index >= 15 is 0 Å². The molecule has 0 radical (unpaired) electrons. The number of nitrogens with zero attached hydrogens (tertiary/aromatic N) is 2. The number of aromatic nitrogens is 2. The number of fused-ring (bicyclic) bond motifs is 1. The first kappa shape index (κ1) is 23.6. The molecule has 170 valence electrons. The second-order valence-electron chi connectivity index (χ2n) is 9.61. The third-order valence-electron chi connectivity index (χ3n) is 6.06. The van der Waals surface area contributed by atoms with E-state index in [0.29, 0.717) is 21.1 Å². The largest absolute Gasteiger partial charge is 0.268 e. The highest BCUT2D eigenvalue weighted by Crippen LogP contribution is 2.32. The predicted octanol–water partition coefficient (Wildman–Crippen LogP) is 7.55. The fraction of sp³-hybridized carbons (Fsp3) is 0.286. The smallest absolute Gasteiger partial charge is 0.266 e. The Hall–Kier alpha value is -2.56. The summed E-state index contributed by atoms with van der Waals surface area (Å²) in [6.07, 6.45) is 0. The molecule has 0 aliphatic carbocycles. The molecule has 0 bridgehead atoms. The number of halogens is 1. The van der Waals surface area contributed by atoms with E-state index in [4.69, 9.17) is 16.6 Å². The van der Waals surface area contributed by atoms with Crippen molar-refractivity contribution in [3.63, 3.8) is 0 Å². The van der Waals surface area contributed by atoms with E-state index in [-0.39, 0.29) is 11.0 Å². The van der Waals surface area contributed by atoms with E-state index in [9.17, 15) is 4.79 Å². The maximum Gasteiger partial charge on any atom is 0.266 e. The minimum absolute atomic E-state index is 0.0787. The van der Waals surface area contributed by atoms with Crippen molar-refractivity contribution in [3.05, 3.63) is 97.8 Å². The van der Waals surface area contributed by atoms with Crippen LogP contribution in [0.3, 0.4) is 0 Å². The molecule has 0 amide bonds. The van der Waals surface area contributed by atoms with E-state index in [1.807, 2.05) is 31.2 Å². The van der Waals surface area contributed by atoms with Gasteiger partial charge in [0, 0.05) is 10.8 Å². The van der Waals surface area contributed by atoms with E-state index in [1.54, 1.807) is 34.5 Å². The van der Waals surface area contributed by atoms with Gasteiger partial charge in [0.2, 0.25) is 0 Å². The lowest BCUT2D eigenvalue weighted by Gasteiger charge is -2.22. The van der Waals surface area contributed by atoms with E-state index in [2.05, 4.69) is 46.8 Å². The van der Waals surface area contributed by atoms with Crippen molar-refractivity contribution in [1.82, 2.24) is 9.55 Å². The Morgan fingerprint density at radius 2 is 1.61 bits per heavy atom. The van der Waals surface area contributed by atoms with Crippen LogP contribution in [0.5, 0.6) is 0 Å². The SMILES string of the molecule is Cc1ccccc1-n1c(SCc2c(C)cc(C(C)(C)C)cc2C)nc2cc(Cl)ccc2c1=O. The Kier molecular flexibility index (Phi) is 6.43. The first-order valence-electron chi connectivity index (χ1n) is 11.1. The number of benzene rings is 3. The quantitative estimate of drug-likeness (QED) is 0.225. The van der Waals surface area contributed by atoms with Crippen molar-refractivity contribution < 1.29 is 0 Å². The third-order valence-corrected chi connectivity index (χ3v) is 7.26. The highest BCUT2D eigenvalue weighted by atomic mass is 35.5. The summed E-state index contributed by atoms with van der Waals surface area (Å²) in [4.78, 5) is 18.5. The normalized spacial score (nSPS) is 11.8. The molecule has 3 aromatic carbocycles. The van der Waals surface area contributed by atoms with Crippen LogP contribution in [-0.2, 0) is 11.2 Å². The van der Waals surface area contributed by atoms with Gasteiger partial charge in [0.25, 0.3) is 5.56 Å². The summed E-state index contributed by atoms with van der Waals surface area (Å²) < 4.78 is 1.74. The lowest BCUT2D eigenvalue weighted by molar-refractivity contribution is 0.589. The van der Waals surface area contributed by atoms with Gasteiger partial charge in [-0.25, -0.2) is 4.98 Å². The molecule has 0 saturated carbocycles. The van der Waals surface area contributed by atoms with Crippen LogP contribution in [0, 0.1) is 20.8 Å². The molecule has 3 nitrogen and oxygen atoms in total. The van der Waals surface area contributed by atoms with Gasteiger partial charge in [0.15, 0.2) is 5.16 Å². The van der Waals surface area contributed by atoms with Gasteiger partial charge in [-0.15, -0.1) is 0 Å². The molecule has 0 unspecified atom stereocenters. The summed E-state index contributed by atoms with van der Waals surface area (Å²) in [5.41, 5.74) is 7.67. The third kappa shape index (κ3) is 4.73. The molecular weight excluding hydrogens is 448 g/mol. The van der Waals surface area contributed by atoms with Gasteiger partial charge in [-0.05, 0) is 78.3 Å². The summed E-state index contributed by atoms with van der Waals surface area (Å²) in [5.74, 6) is 0.729. The van der Waals surface area contributed by atoms with Crippen LogP contribution in [0.25, 0.3) is 16.6 Å². The van der Waals surface area contributed by atoms with Crippen LogP contribution in [0.1, 0.15) is 48.6 Å². The highest BCUT2D eigenvalue weighted by molar-refractivity contribution is 7.98. The average Bonchev–Trinajstić information content (AvgIpc) is 2.73. The molecule has 0 spiro atoms. The van der Waals surface area contributed by atoms with Gasteiger partial charge in [0.05, 0.1) is 16.6 Å². The average molecular weight is 477 g/mol. The monoisotopic (exact) mass is 476 g/mol. The summed E-state index contributed by atoms with van der Waals surface area (Å²) in [6.45, 7) is 13.1. The fourth-order valence-corrected chi connectivity index (χ4v) is 5.42. The van der Waals surface area contributed by atoms with Crippen molar-refractivity contribution in [2.45, 2.75) is 57.9 Å². The molecule has 1 aromatic heterocycles. The molecule has 5 heteroatoms. The van der Waals surface area contributed by atoms with Gasteiger partial charge < -0.3 is 0 Å². The zero-order chi connectivity index (χ0) is 23.9. The number of aryl methyl sites for hydroxylation is 3. The fourth-order valence-electron chi connectivity index (χ4n) is 4.05. The van der Waals surface area contributed by atoms with Crippen LogP contribution < -0.4 is 5.56 Å². The minimum Gasteiger partial charge on any atom is -0.268 e. The van der Waals surface area contributed by atoms with Crippen LogP contribution in [-0.4, -0.2) is 9.55 Å². The van der Waals surface area contributed by atoms with Crippen LogP contribution in [0.2, 0.25) is 5.02 Å². The minimum atomic E-state index is -0.0787. The van der Waals surface area contributed by atoms with Crippen LogP contribution >= 0.6 is 23.4 Å². The lowest BCUT2D eigenvalue weighted by Crippen LogP contribution is -2.22. The molecule has 33 heavy (non-hydrogen) atoms. The van der Waals surface area contributed by atoms with Gasteiger partial charge in [0.1, 0.15) is 0 Å². The topological polar surface area (TPSA) is 34.9 Å². The maximum atomic E-state index is 13.6. The molecule has 0 N–H and O–H groups in total. The van der Waals surface area contributed by atoms with E-state index < -0.39 is 0 Å². The Morgan fingerprint density at radius 1 is 0.939 bits per heavy atom. The summed E-state index contributed by atoms with van der Waals surface area (Å²) in [5, 5.41) is 1.81.